The fourth-order valence-electron chi connectivity index (χ4n) is 1.39. The number of oxazole rings is 1. The maximum Gasteiger partial charge on any atom is 0.216 e. The minimum atomic E-state index is -0.0470. The third kappa shape index (κ3) is 5.30. The fourth-order valence-corrected chi connectivity index (χ4v) is 1.39. The largest absolute Gasteiger partial charge is 0.443 e. The number of rotatable bonds is 5. The Balaban J connectivity index is 2.64. The summed E-state index contributed by atoms with van der Waals surface area (Å²) in [7, 11) is 0. The van der Waals surface area contributed by atoms with Crippen molar-refractivity contribution in [3.63, 3.8) is 0 Å². The smallest absolute Gasteiger partial charge is 0.216 e. The summed E-state index contributed by atoms with van der Waals surface area (Å²) in [6, 6.07) is 0. The summed E-state index contributed by atoms with van der Waals surface area (Å²) in [5, 5.41) is 14.9. The van der Waals surface area contributed by atoms with Crippen LogP contribution in [0.5, 0.6) is 0 Å². The van der Waals surface area contributed by atoms with Gasteiger partial charge < -0.3 is 20.2 Å². The van der Waals surface area contributed by atoms with Crippen LogP contribution in [0.1, 0.15) is 39.3 Å². The molecule has 0 bridgehead atoms. The second-order valence-corrected chi connectivity index (χ2v) is 5.21. The third-order valence-corrected chi connectivity index (χ3v) is 2.41. The number of aliphatic hydroxyl groups excluding tert-OH is 1. The molecule has 3 N–H and O–H groups in total. The highest BCUT2D eigenvalue weighted by Crippen LogP contribution is 2.22. The number of hydrogen-bond acceptors (Lipinski definition) is 4. The van der Waals surface area contributed by atoms with Crippen molar-refractivity contribution < 1.29 is 9.52 Å². The molecule has 1 rings (SSSR count). The first-order valence-electron chi connectivity index (χ1n) is 6.55. The predicted molar refractivity (Wildman–Crippen MR) is 75.1 cm³/mol. The molecule has 0 unspecified atom stereocenters. The van der Waals surface area contributed by atoms with Crippen molar-refractivity contribution >= 4 is 5.96 Å². The van der Waals surface area contributed by atoms with E-state index in [4.69, 9.17) is 9.52 Å². The second kappa shape index (κ2) is 7.13. The van der Waals surface area contributed by atoms with Gasteiger partial charge in [0, 0.05) is 18.5 Å². The quantitative estimate of drug-likeness (QED) is 0.548. The van der Waals surface area contributed by atoms with E-state index < -0.39 is 0 Å². The van der Waals surface area contributed by atoms with Crippen molar-refractivity contribution in [1.82, 2.24) is 15.6 Å². The average Bonchev–Trinajstić information content (AvgIpc) is 2.81. The molecule has 1 aromatic heterocycles. The molecule has 6 heteroatoms. The molecule has 0 atom stereocenters. The van der Waals surface area contributed by atoms with Crippen LogP contribution < -0.4 is 10.6 Å². The van der Waals surface area contributed by atoms with Crippen LogP contribution in [0.3, 0.4) is 0 Å². The first-order chi connectivity index (χ1) is 8.97. The van der Waals surface area contributed by atoms with Gasteiger partial charge in [-0.3, -0.25) is 0 Å². The molecule has 0 radical (unpaired) electrons. The van der Waals surface area contributed by atoms with Crippen LogP contribution in [0.4, 0.5) is 0 Å². The van der Waals surface area contributed by atoms with E-state index in [-0.39, 0.29) is 12.0 Å². The van der Waals surface area contributed by atoms with Gasteiger partial charge >= 0.3 is 0 Å². The molecular formula is C13H24N4O2. The van der Waals surface area contributed by atoms with Gasteiger partial charge in [-0.05, 0) is 6.92 Å². The first-order valence-corrected chi connectivity index (χ1v) is 6.55. The number of nitrogens with zero attached hydrogens (tertiary/aromatic N) is 2. The van der Waals surface area contributed by atoms with E-state index in [1.54, 1.807) is 6.20 Å². The molecule has 0 aliphatic carbocycles. The molecule has 0 saturated carbocycles. The molecule has 0 aliphatic rings. The zero-order chi connectivity index (χ0) is 14.3. The van der Waals surface area contributed by atoms with Gasteiger partial charge in [0.2, 0.25) is 5.89 Å². The van der Waals surface area contributed by atoms with Crippen LogP contribution in [0.15, 0.2) is 15.6 Å². The lowest BCUT2D eigenvalue weighted by Crippen LogP contribution is -2.38. The number of aromatic nitrogens is 1. The van der Waals surface area contributed by atoms with Crippen molar-refractivity contribution in [2.75, 3.05) is 19.7 Å². The van der Waals surface area contributed by atoms with Crippen molar-refractivity contribution in [3.8, 4) is 0 Å². The van der Waals surface area contributed by atoms with Crippen molar-refractivity contribution in [3.05, 3.63) is 17.8 Å². The van der Waals surface area contributed by atoms with Gasteiger partial charge in [0.25, 0.3) is 0 Å². The highest BCUT2D eigenvalue weighted by atomic mass is 16.4. The number of aliphatic imine (C=N–C) groups is 1. The van der Waals surface area contributed by atoms with Gasteiger partial charge in [-0.2, -0.15) is 0 Å². The lowest BCUT2D eigenvalue weighted by atomic mass is 9.94. The highest BCUT2D eigenvalue weighted by Gasteiger charge is 2.18. The minimum Gasteiger partial charge on any atom is -0.443 e. The Morgan fingerprint density at radius 3 is 2.68 bits per heavy atom. The van der Waals surface area contributed by atoms with Gasteiger partial charge in [-0.1, -0.05) is 20.8 Å². The van der Waals surface area contributed by atoms with Crippen LogP contribution in [0.2, 0.25) is 0 Å². The number of hydrogen-bond donors (Lipinski definition) is 3. The second-order valence-electron chi connectivity index (χ2n) is 5.21. The van der Waals surface area contributed by atoms with E-state index in [0.29, 0.717) is 24.9 Å². The van der Waals surface area contributed by atoms with Crippen LogP contribution in [-0.4, -0.2) is 35.7 Å². The Bertz CT molecular complexity index is 407. The van der Waals surface area contributed by atoms with Crippen LogP contribution in [-0.2, 0) is 12.0 Å². The number of guanidine groups is 1. The fraction of sp³-hybridized carbons (Fsp3) is 0.692. The molecule has 6 nitrogen and oxygen atoms in total. The van der Waals surface area contributed by atoms with Crippen LogP contribution in [0.25, 0.3) is 0 Å². The third-order valence-electron chi connectivity index (χ3n) is 2.41. The van der Waals surface area contributed by atoms with Crippen molar-refractivity contribution in [2.45, 2.75) is 39.7 Å². The molecule has 19 heavy (non-hydrogen) atoms. The Labute approximate surface area is 114 Å². The molecule has 1 heterocycles. The van der Waals surface area contributed by atoms with E-state index in [1.807, 2.05) is 6.92 Å². The van der Waals surface area contributed by atoms with Crippen molar-refractivity contribution in [1.29, 1.82) is 0 Å². The maximum atomic E-state index is 8.79. The molecule has 0 amide bonds. The van der Waals surface area contributed by atoms with Gasteiger partial charge in [0.1, 0.15) is 12.3 Å². The summed E-state index contributed by atoms with van der Waals surface area (Å²) in [6.07, 6.45) is 1.75. The van der Waals surface area contributed by atoms with Crippen LogP contribution in [0, 0.1) is 0 Å². The minimum absolute atomic E-state index is 0.0470. The molecule has 0 saturated heterocycles. The number of aliphatic hydroxyl groups is 1. The summed E-state index contributed by atoms with van der Waals surface area (Å²) in [5.41, 5.74) is -0.0470. The predicted octanol–water partition coefficient (Wildman–Crippen LogP) is 1.02. The molecule has 0 spiro atoms. The van der Waals surface area contributed by atoms with Gasteiger partial charge in [0.05, 0.1) is 12.8 Å². The zero-order valence-corrected chi connectivity index (χ0v) is 12.2. The summed E-state index contributed by atoms with van der Waals surface area (Å²) >= 11 is 0. The zero-order valence-electron chi connectivity index (χ0n) is 12.2. The van der Waals surface area contributed by atoms with Gasteiger partial charge in [-0.15, -0.1) is 0 Å². The Morgan fingerprint density at radius 2 is 2.16 bits per heavy atom. The lowest BCUT2D eigenvalue weighted by Gasteiger charge is -2.13. The van der Waals surface area contributed by atoms with Gasteiger partial charge in [0.15, 0.2) is 5.96 Å². The molecule has 0 aromatic carbocycles. The molecular weight excluding hydrogens is 244 g/mol. The summed E-state index contributed by atoms with van der Waals surface area (Å²) in [4.78, 5) is 8.56. The maximum absolute atomic E-state index is 8.79. The van der Waals surface area contributed by atoms with E-state index in [1.165, 1.54) is 0 Å². The highest BCUT2D eigenvalue weighted by molar-refractivity contribution is 5.79. The Kier molecular flexibility index (Phi) is 5.82. The van der Waals surface area contributed by atoms with E-state index in [2.05, 4.69) is 41.4 Å². The van der Waals surface area contributed by atoms with E-state index in [0.717, 1.165) is 12.3 Å². The monoisotopic (exact) mass is 268 g/mol. The standard InChI is InChI=1S/C13H24N4O2/c1-5-14-12(15-6-7-18)17-9-11-16-8-10(19-11)13(2,3)4/h8,18H,5-7,9H2,1-4H3,(H2,14,15,17). The molecule has 0 fully saturated rings. The topological polar surface area (TPSA) is 82.7 Å². The summed E-state index contributed by atoms with van der Waals surface area (Å²) in [6.45, 7) is 9.88. The summed E-state index contributed by atoms with van der Waals surface area (Å²) in [5.74, 6) is 2.09. The van der Waals surface area contributed by atoms with Crippen LogP contribution >= 0.6 is 0 Å². The molecule has 108 valence electrons. The summed E-state index contributed by atoms with van der Waals surface area (Å²) < 4.78 is 5.66. The first kappa shape index (κ1) is 15.5. The Hall–Kier alpha value is -1.56. The van der Waals surface area contributed by atoms with Crippen molar-refractivity contribution in [2.24, 2.45) is 4.99 Å². The normalized spacial score (nSPS) is 12.6. The van der Waals surface area contributed by atoms with E-state index >= 15 is 0 Å². The van der Waals surface area contributed by atoms with E-state index in [9.17, 15) is 0 Å². The lowest BCUT2D eigenvalue weighted by molar-refractivity contribution is 0.300. The average molecular weight is 268 g/mol. The number of nitrogens with one attached hydrogen (secondary N) is 2. The SMILES string of the molecule is CCNC(=NCc1ncc(C(C)(C)C)o1)NCCO. The molecule has 0 aliphatic heterocycles. The Morgan fingerprint density at radius 1 is 1.42 bits per heavy atom. The van der Waals surface area contributed by atoms with Gasteiger partial charge in [-0.25, -0.2) is 9.98 Å². The molecule has 1 aromatic rings.